The predicted octanol–water partition coefficient (Wildman–Crippen LogP) is -0.598. The molecule has 0 radical (unpaired) electrons. The first-order valence-corrected chi connectivity index (χ1v) is 5.62. The zero-order valence-electron chi connectivity index (χ0n) is 10.4. The van der Waals surface area contributed by atoms with Gasteiger partial charge in [0.05, 0.1) is 5.56 Å². The van der Waals surface area contributed by atoms with Gasteiger partial charge in [0.2, 0.25) is 5.91 Å². The molecule has 8 nitrogen and oxygen atoms in total. The first-order chi connectivity index (χ1) is 9.43. The lowest BCUT2D eigenvalue weighted by atomic mass is 10.1. The summed E-state index contributed by atoms with van der Waals surface area (Å²) in [5.41, 5.74) is 5.19. The standard InChI is InChI=1S/C12H12N4O4/c13-5-7-1-2-8(15-6-7)11(18)16-9(12(19)20)3-4-10(14)17/h1-2,6,9H,3-4H2,(H2,14,17)(H,16,18)(H,19,20)/t9-/m1/s1. The second kappa shape index (κ2) is 6.84. The molecule has 1 atom stereocenters. The molecule has 104 valence electrons. The molecule has 1 heterocycles. The number of rotatable bonds is 6. The zero-order valence-corrected chi connectivity index (χ0v) is 10.4. The molecule has 2 amide bonds. The van der Waals surface area contributed by atoms with E-state index in [0.29, 0.717) is 0 Å². The molecular weight excluding hydrogens is 264 g/mol. The van der Waals surface area contributed by atoms with E-state index in [0.717, 1.165) is 0 Å². The Labute approximate surface area is 114 Å². The topological polar surface area (TPSA) is 146 Å². The molecule has 20 heavy (non-hydrogen) atoms. The molecular formula is C12H12N4O4. The van der Waals surface area contributed by atoms with Crippen LogP contribution in [0.5, 0.6) is 0 Å². The minimum absolute atomic E-state index is 0.0191. The van der Waals surface area contributed by atoms with Crippen LogP contribution < -0.4 is 11.1 Å². The molecule has 0 fully saturated rings. The Morgan fingerprint density at radius 1 is 1.45 bits per heavy atom. The second-order valence-electron chi connectivity index (χ2n) is 3.91. The molecule has 0 saturated carbocycles. The van der Waals surface area contributed by atoms with Crippen LogP contribution in [0.25, 0.3) is 0 Å². The molecule has 0 saturated heterocycles. The molecule has 0 aliphatic rings. The van der Waals surface area contributed by atoms with E-state index >= 15 is 0 Å². The van der Waals surface area contributed by atoms with Crippen molar-refractivity contribution >= 4 is 17.8 Å². The Bertz CT molecular complexity index is 562. The minimum Gasteiger partial charge on any atom is -0.480 e. The molecule has 1 aromatic heterocycles. The fraction of sp³-hybridized carbons (Fsp3) is 0.250. The monoisotopic (exact) mass is 276 g/mol. The molecule has 0 spiro atoms. The van der Waals surface area contributed by atoms with Gasteiger partial charge in [-0.2, -0.15) is 5.26 Å². The first-order valence-electron chi connectivity index (χ1n) is 5.62. The molecule has 0 bridgehead atoms. The molecule has 1 rings (SSSR count). The molecule has 4 N–H and O–H groups in total. The third-order valence-corrected chi connectivity index (χ3v) is 2.41. The van der Waals surface area contributed by atoms with Crippen LogP contribution in [-0.2, 0) is 9.59 Å². The number of hydrogen-bond acceptors (Lipinski definition) is 5. The maximum atomic E-state index is 11.8. The lowest BCUT2D eigenvalue weighted by Gasteiger charge is -2.13. The summed E-state index contributed by atoms with van der Waals surface area (Å²) in [7, 11) is 0. The number of nitrogens with two attached hydrogens (primary N) is 1. The highest BCUT2D eigenvalue weighted by molar-refractivity contribution is 5.95. The van der Waals surface area contributed by atoms with Crippen molar-refractivity contribution in [3.8, 4) is 6.07 Å². The van der Waals surface area contributed by atoms with Crippen molar-refractivity contribution in [1.29, 1.82) is 5.26 Å². The van der Waals surface area contributed by atoms with E-state index in [1.807, 2.05) is 6.07 Å². The lowest BCUT2D eigenvalue weighted by Crippen LogP contribution is -2.41. The van der Waals surface area contributed by atoms with Crippen molar-refractivity contribution < 1.29 is 19.5 Å². The maximum Gasteiger partial charge on any atom is 0.326 e. The average Bonchev–Trinajstić information content (AvgIpc) is 2.42. The van der Waals surface area contributed by atoms with Gasteiger partial charge < -0.3 is 16.2 Å². The summed E-state index contributed by atoms with van der Waals surface area (Å²) in [6, 6.07) is 3.31. The van der Waals surface area contributed by atoms with Crippen LogP contribution >= 0.6 is 0 Å². The summed E-state index contributed by atoms with van der Waals surface area (Å²) in [5.74, 6) is -2.62. The molecule has 8 heteroatoms. The van der Waals surface area contributed by atoms with Crippen LogP contribution in [0.4, 0.5) is 0 Å². The van der Waals surface area contributed by atoms with Crippen molar-refractivity contribution in [2.24, 2.45) is 5.73 Å². The fourth-order valence-corrected chi connectivity index (χ4v) is 1.37. The molecule has 0 unspecified atom stereocenters. The van der Waals surface area contributed by atoms with Gasteiger partial charge in [0.1, 0.15) is 17.8 Å². The van der Waals surface area contributed by atoms with Crippen LogP contribution in [0, 0.1) is 11.3 Å². The number of carbonyl (C=O) groups excluding carboxylic acids is 2. The number of pyridine rings is 1. The van der Waals surface area contributed by atoms with E-state index in [1.165, 1.54) is 18.3 Å². The van der Waals surface area contributed by atoms with E-state index in [4.69, 9.17) is 16.1 Å². The summed E-state index contributed by atoms with van der Waals surface area (Å²) >= 11 is 0. The Hall–Kier alpha value is -2.95. The summed E-state index contributed by atoms with van der Waals surface area (Å²) in [6.07, 6.45) is 0.943. The molecule has 0 aliphatic carbocycles. The van der Waals surface area contributed by atoms with Crippen molar-refractivity contribution in [3.63, 3.8) is 0 Å². The predicted molar refractivity (Wildman–Crippen MR) is 66.3 cm³/mol. The second-order valence-corrected chi connectivity index (χ2v) is 3.91. The van der Waals surface area contributed by atoms with Crippen LogP contribution in [0.15, 0.2) is 18.3 Å². The van der Waals surface area contributed by atoms with Gasteiger partial charge in [-0.05, 0) is 18.6 Å². The summed E-state index contributed by atoms with van der Waals surface area (Å²) < 4.78 is 0. The third-order valence-electron chi connectivity index (χ3n) is 2.41. The number of hydrogen-bond donors (Lipinski definition) is 3. The summed E-state index contributed by atoms with van der Waals surface area (Å²) in [4.78, 5) is 37.1. The first kappa shape index (κ1) is 15.1. The van der Waals surface area contributed by atoms with E-state index < -0.39 is 23.8 Å². The van der Waals surface area contributed by atoms with Gasteiger partial charge >= 0.3 is 5.97 Å². The Kier molecular flexibility index (Phi) is 5.17. The van der Waals surface area contributed by atoms with Crippen molar-refractivity contribution in [2.75, 3.05) is 0 Å². The molecule has 1 aromatic rings. The average molecular weight is 276 g/mol. The quantitative estimate of drug-likeness (QED) is 0.632. The normalized spacial score (nSPS) is 11.2. The highest BCUT2D eigenvalue weighted by Crippen LogP contribution is 2.02. The van der Waals surface area contributed by atoms with Crippen LogP contribution in [0.3, 0.4) is 0 Å². The summed E-state index contributed by atoms with van der Waals surface area (Å²) in [5, 5.41) is 19.8. The number of aliphatic carboxylic acids is 1. The number of nitrogens with zero attached hydrogens (tertiary/aromatic N) is 2. The Balaban J connectivity index is 2.72. The smallest absolute Gasteiger partial charge is 0.326 e. The van der Waals surface area contributed by atoms with E-state index in [9.17, 15) is 14.4 Å². The molecule has 0 aliphatic heterocycles. The van der Waals surface area contributed by atoms with E-state index in [-0.39, 0.29) is 24.1 Å². The number of carbonyl (C=O) groups is 3. The molecule has 0 aromatic carbocycles. The number of nitriles is 1. The maximum absolute atomic E-state index is 11.8. The van der Waals surface area contributed by atoms with Crippen LogP contribution in [0.2, 0.25) is 0 Å². The van der Waals surface area contributed by atoms with Gasteiger partial charge in [-0.15, -0.1) is 0 Å². The highest BCUT2D eigenvalue weighted by Gasteiger charge is 2.21. The van der Waals surface area contributed by atoms with Gasteiger partial charge in [-0.3, -0.25) is 9.59 Å². The van der Waals surface area contributed by atoms with E-state index in [1.54, 1.807) is 0 Å². The van der Waals surface area contributed by atoms with Gasteiger partial charge in [0.15, 0.2) is 0 Å². The number of primary amides is 1. The number of nitrogens with one attached hydrogen (secondary N) is 1. The van der Waals surface area contributed by atoms with Gasteiger partial charge in [0, 0.05) is 12.6 Å². The number of carboxylic acids is 1. The van der Waals surface area contributed by atoms with Gasteiger partial charge in [-0.1, -0.05) is 0 Å². The van der Waals surface area contributed by atoms with Crippen molar-refractivity contribution in [2.45, 2.75) is 18.9 Å². The SMILES string of the molecule is N#Cc1ccc(C(=O)N[C@H](CCC(N)=O)C(=O)O)nc1. The Morgan fingerprint density at radius 3 is 2.60 bits per heavy atom. The minimum atomic E-state index is -1.27. The third kappa shape index (κ3) is 4.38. The zero-order chi connectivity index (χ0) is 15.1. The van der Waals surface area contributed by atoms with Gasteiger partial charge in [-0.25, -0.2) is 9.78 Å². The lowest BCUT2D eigenvalue weighted by molar-refractivity contribution is -0.139. The van der Waals surface area contributed by atoms with Crippen LogP contribution in [0.1, 0.15) is 28.9 Å². The van der Waals surface area contributed by atoms with E-state index in [2.05, 4.69) is 10.3 Å². The highest BCUT2D eigenvalue weighted by atomic mass is 16.4. The summed E-state index contributed by atoms with van der Waals surface area (Å²) in [6.45, 7) is 0. The van der Waals surface area contributed by atoms with Crippen LogP contribution in [-0.4, -0.2) is 33.9 Å². The number of aromatic nitrogens is 1. The fourth-order valence-electron chi connectivity index (χ4n) is 1.37. The number of amides is 2. The number of carboxylic acid groups (broad SMARTS) is 1. The van der Waals surface area contributed by atoms with Crippen molar-refractivity contribution in [1.82, 2.24) is 10.3 Å². The largest absolute Gasteiger partial charge is 0.480 e. The van der Waals surface area contributed by atoms with Crippen molar-refractivity contribution in [3.05, 3.63) is 29.6 Å². The Morgan fingerprint density at radius 2 is 2.15 bits per heavy atom. The van der Waals surface area contributed by atoms with Gasteiger partial charge in [0.25, 0.3) is 5.91 Å².